The number of hydrogen-bond acceptors (Lipinski definition) is 1. The van der Waals surface area contributed by atoms with E-state index in [0.717, 1.165) is 6.54 Å². The monoisotopic (exact) mass is 141 g/mol. The van der Waals surface area contributed by atoms with Gasteiger partial charge in [-0.05, 0) is 6.92 Å². The SMILES string of the molecule is CCNC(=O)CC.[KH]. The van der Waals surface area contributed by atoms with Gasteiger partial charge in [-0.2, -0.15) is 0 Å². The summed E-state index contributed by atoms with van der Waals surface area (Å²) < 4.78 is 0. The summed E-state index contributed by atoms with van der Waals surface area (Å²) in [5.74, 6) is 0.127. The summed E-state index contributed by atoms with van der Waals surface area (Å²) in [6.07, 6.45) is 0.591. The Kier molecular flexibility index (Phi) is 12.0. The van der Waals surface area contributed by atoms with Gasteiger partial charge in [-0.15, -0.1) is 0 Å². The molecule has 2 nitrogen and oxygen atoms in total. The van der Waals surface area contributed by atoms with Gasteiger partial charge in [-0.3, -0.25) is 4.79 Å². The van der Waals surface area contributed by atoms with Crippen LogP contribution in [-0.2, 0) is 4.79 Å². The Morgan fingerprint density at radius 2 is 2.00 bits per heavy atom. The van der Waals surface area contributed by atoms with Crippen molar-refractivity contribution in [2.45, 2.75) is 20.3 Å². The van der Waals surface area contributed by atoms with Crippen LogP contribution in [-0.4, -0.2) is 63.8 Å². The summed E-state index contributed by atoms with van der Waals surface area (Å²) >= 11 is 0. The molecule has 44 valence electrons. The molecule has 0 spiro atoms. The minimum atomic E-state index is 0. The summed E-state index contributed by atoms with van der Waals surface area (Å²) in [5, 5.41) is 2.66. The first-order valence-electron chi connectivity index (χ1n) is 2.58. The quantitative estimate of drug-likeness (QED) is 0.534. The molecule has 0 aromatic carbocycles. The van der Waals surface area contributed by atoms with Crippen molar-refractivity contribution in [1.29, 1.82) is 0 Å². The first-order chi connectivity index (χ1) is 3.31. The zero-order valence-electron chi connectivity index (χ0n) is 4.82. The molecule has 0 aliphatic heterocycles. The van der Waals surface area contributed by atoms with Gasteiger partial charge >= 0.3 is 51.4 Å². The predicted molar refractivity (Wildman–Crippen MR) is 36.1 cm³/mol. The third-order valence-corrected chi connectivity index (χ3v) is 0.695. The van der Waals surface area contributed by atoms with Crippen molar-refractivity contribution in [3.05, 3.63) is 0 Å². The van der Waals surface area contributed by atoms with Crippen molar-refractivity contribution in [3.63, 3.8) is 0 Å². The average Bonchev–Trinajstić information content (AvgIpc) is 1.68. The van der Waals surface area contributed by atoms with Crippen molar-refractivity contribution in [3.8, 4) is 0 Å². The second-order valence-electron chi connectivity index (χ2n) is 1.31. The van der Waals surface area contributed by atoms with Gasteiger partial charge in [0.1, 0.15) is 0 Å². The van der Waals surface area contributed by atoms with E-state index in [0.29, 0.717) is 6.42 Å². The second kappa shape index (κ2) is 8.11. The average molecular weight is 141 g/mol. The van der Waals surface area contributed by atoms with Crippen molar-refractivity contribution >= 4 is 57.3 Å². The van der Waals surface area contributed by atoms with Crippen LogP contribution in [0, 0.1) is 0 Å². The zero-order chi connectivity index (χ0) is 5.70. The second-order valence-corrected chi connectivity index (χ2v) is 1.31. The van der Waals surface area contributed by atoms with E-state index in [-0.39, 0.29) is 57.3 Å². The van der Waals surface area contributed by atoms with Crippen LogP contribution in [0.25, 0.3) is 0 Å². The van der Waals surface area contributed by atoms with E-state index in [4.69, 9.17) is 0 Å². The normalized spacial score (nSPS) is 7.25. The fraction of sp³-hybridized carbons (Fsp3) is 0.800. The molecule has 0 fully saturated rings. The van der Waals surface area contributed by atoms with Crippen LogP contribution in [0.3, 0.4) is 0 Å². The molecule has 0 aromatic heterocycles. The number of carbonyl (C=O) groups is 1. The molecule has 0 rings (SSSR count). The first-order valence-corrected chi connectivity index (χ1v) is 2.58. The van der Waals surface area contributed by atoms with Gasteiger partial charge in [0.2, 0.25) is 5.91 Å². The van der Waals surface area contributed by atoms with Crippen LogP contribution in [0.2, 0.25) is 0 Å². The summed E-state index contributed by atoms with van der Waals surface area (Å²) in [5.41, 5.74) is 0. The van der Waals surface area contributed by atoms with E-state index in [1.807, 2.05) is 13.8 Å². The van der Waals surface area contributed by atoms with Crippen LogP contribution >= 0.6 is 0 Å². The Bertz CT molecular complexity index is 65.4. The van der Waals surface area contributed by atoms with Crippen LogP contribution in [0.15, 0.2) is 0 Å². The number of carbonyl (C=O) groups excluding carboxylic acids is 1. The molecular weight excluding hydrogens is 129 g/mol. The third kappa shape index (κ3) is 7.11. The van der Waals surface area contributed by atoms with Gasteiger partial charge in [0.25, 0.3) is 0 Å². The van der Waals surface area contributed by atoms with Crippen molar-refractivity contribution in [2.24, 2.45) is 0 Å². The van der Waals surface area contributed by atoms with Gasteiger partial charge in [-0.1, -0.05) is 6.92 Å². The number of amides is 1. The van der Waals surface area contributed by atoms with E-state index >= 15 is 0 Å². The van der Waals surface area contributed by atoms with Crippen LogP contribution < -0.4 is 5.32 Å². The third-order valence-electron chi connectivity index (χ3n) is 0.695. The van der Waals surface area contributed by atoms with Gasteiger partial charge < -0.3 is 5.32 Å². The van der Waals surface area contributed by atoms with Gasteiger partial charge in [0.15, 0.2) is 0 Å². The molecule has 0 unspecified atom stereocenters. The Balaban J connectivity index is 0. The molecule has 1 N–H and O–H groups in total. The van der Waals surface area contributed by atoms with E-state index in [9.17, 15) is 4.79 Å². The van der Waals surface area contributed by atoms with Crippen molar-refractivity contribution in [2.75, 3.05) is 6.54 Å². The fourth-order valence-electron chi connectivity index (χ4n) is 0.322. The maximum absolute atomic E-state index is 10.3. The van der Waals surface area contributed by atoms with Crippen molar-refractivity contribution < 1.29 is 4.79 Å². The molecule has 0 aromatic rings. The summed E-state index contributed by atoms with van der Waals surface area (Å²) in [6, 6.07) is 0. The van der Waals surface area contributed by atoms with Gasteiger partial charge in [0, 0.05) is 13.0 Å². The number of nitrogens with one attached hydrogen (secondary N) is 1. The van der Waals surface area contributed by atoms with Crippen LogP contribution in [0.5, 0.6) is 0 Å². The summed E-state index contributed by atoms with van der Waals surface area (Å²) in [6.45, 7) is 4.49. The van der Waals surface area contributed by atoms with Gasteiger partial charge in [0.05, 0.1) is 0 Å². The van der Waals surface area contributed by atoms with Gasteiger partial charge in [-0.25, -0.2) is 0 Å². The van der Waals surface area contributed by atoms with E-state index in [1.54, 1.807) is 0 Å². The van der Waals surface area contributed by atoms with Crippen molar-refractivity contribution in [1.82, 2.24) is 5.32 Å². The minimum absolute atomic E-state index is 0. The molecule has 3 heteroatoms. The molecule has 0 atom stereocenters. The predicted octanol–water partition coefficient (Wildman–Crippen LogP) is -0.116. The molecule has 0 aliphatic rings. The molecule has 8 heavy (non-hydrogen) atoms. The molecule has 0 saturated heterocycles. The fourth-order valence-corrected chi connectivity index (χ4v) is 0.322. The Morgan fingerprint density at radius 3 is 2.12 bits per heavy atom. The Morgan fingerprint density at radius 1 is 1.50 bits per heavy atom. The molecule has 0 radical (unpaired) electrons. The zero-order valence-corrected chi connectivity index (χ0v) is 4.82. The topological polar surface area (TPSA) is 29.1 Å². The molecule has 0 aliphatic carbocycles. The van der Waals surface area contributed by atoms with E-state index in [1.165, 1.54) is 0 Å². The van der Waals surface area contributed by atoms with E-state index in [2.05, 4.69) is 5.32 Å². The van der Waals surface area contributed by atoms with Crippen LogP contribution in [0.1, 0.15) is 20.3 Å². The molecule has 0 heterocycles. The maximum atomic E-state index is 10.3. The summed E-state index contributed by atoms with van der Waals surface area (Å²) in [7, 11) is 0. The molecular formula is C5H12KNO. The molecule has 0 bridgehead atoms. The Hall–Kier alpha value is 1.11. The molecule has 0 saturated carbocycles. The van der Waals surface area contributed by atoms with Crippen LogP contribution in [0.4, 0.5) is 0 Å². The standard InChI is InChI=1S/C5H11NO.K.H/c1-3-5(7)6-4-2;;/h3-4H2,1-2H3,(H,6,7);;. The summed E-state index contributed by atoms with van der Waals surface area (Å²) in [4.78, 5) is 10.3. The Labute approximate surface area is 92.8 Å². The first kappa shape index (κ1) is 11.8. The number of hydrogen-bond donors (Lipinski definition) is 1. The van der Waals surface area contributed by atoms with E-state index < -0.39 is 0 Å². The number of rotatable bonds is 2. The molecule has 1 amide bonds.